The van der Waals surface area contributed by atoms with Crippen molar-refractivity contribution in [2.24, 2.45) is 11.8 Å². The minimum Gasteiger partial charge on any atom is -0.357 e. The minimum absolute atomic E-state index is 0.0167. The lowest BCUT2D eigenvalue weighted by Gasteiger charge is -2.39. The smallest absolute Gasteiger partial charge is 0.239 e. The van der Waals surface area contributed by atoms with Gasteiger partial charge in [0.2, 0.25) is 5.91 Å². The fourth-order valence-corrected chi connectivity index (χ4v) is 5.82. The van der Waals surface area contributed by atoms with E-state index in [1.807, 2.05) is 31.2 Å². The highest BCUT2D eigenvalue weighted by Gasteiger charge is 2.63. The predicted molar refractivity (Wildman–Crippen MR) is 140 cm³/mol. The highest BCUT2D eigenvalue weighted by molar-refractivity contribution is 6.44. The predicted octanol–water partition coefficient (Wildman–Crippen LogP) is 5.79. The summed E-state index contributed by atoms with van der Waals surface area (Å²) < 4.78 is 0. The second kappa shape index (κ2) is 9.97. The van der Waals surface area contributed by atoms with Gasteiger partial charge in [0.25, 0.3) is 0 Å². The Morgan fingerprint density at radius 1 is 1.36 bits per heavy atom. The van der Waals surface area contributed by atoms with Crippen LogP contribution in [0.25, 0.3) is 0 Å². The Balaban J connectivity index is 2.38. The molecule has 1 aromatic rings. The van der Waals surface area contributed by atoms with Crippen LogP contribution in [0.4, 0.5) is 5.69 Å². The maximum Gasteiger partial charge on any atom is 0.239 e. The molecule has 1 saturated heterocycles. The van der Waals surface area contributed by atoms with Gasteiger partial charge in [-0.05, 0) is 36.5 Å². The third kappa shape index (κ3) is 4.23. The molecule has 0 bridgehead atoms. The summed E-state index contributed by atoms with van der Waals surface area (Å²) in [5.74, 6) is 2.89. The largest absolute Gasteiger partial charge is 0.357 e. The van der Waals surface area contributed by atoms with E-state index in [4.69, 9.17) is 29.6 Å². The molecule has 0 saturated carbocycles. The van der Waals surface area contributed by atoms with Crippen LogP contribution >= 0.6 is 23.2 Å². The van der Waals surface area contributed by atoms with E-state index < -0.39 is 11.5 Å². The zero-order chi connectivity index (χ0) is 24.5. The molecule has 1 amide bonds. The van der Waals surface area contributed by atoms with Crippen LogP contribution in [0.5, 0.6) is 0 Å². The molecule has 0 aliphatic carbocycles. The number of halogens is 2. The van der Waals surface area contributed by atoms with Crippen molar-refractivity contribution in [3.05, 3.63) is 63.8 Å². The Morgan fingerprint density at radius 2 is 2.06 bits per heavy atom. The summed E-state index contributed by atoms with van der Waals surface area (Å²) in [4.78, 5) is 15.2. The molecule has 2 heterocycles. The van der Waals surface area contributed by atoms with Gasteiger partial charge < -0.3 is 15.5 Å². The van der Waals surface area contributed by atoms with Gasteiger partial charge in [-0.1, -0.05) is 67.9 Å². The van der Waals surface area contributed by atoms with Gasteiger partial charge in [0.15, 0.2) is 0 Å². The molecule has 0 radical (unpaired) electrons. The van der Waals surface area contributed by atoms with Crippen molar-refractivity contribution in [3.8, 4) is 12.3 Å². The molecular formula is C27H33Cl2N3O. The third-order valence-corrected chi connectivity index (χ3v) is 7.46. The molecule has 176 valence electrons. The quantitative estimate of drug-likeness (QED) is 0.395. The highest BCUT2D eigenvalue weighted by Crippen LogP contribution is 2.59. The number of terminal acetylenes is 1. The molecule has 0 aromatic heterocycles. The van der Waals surface area contributed by atoms with Crippen LogP contribution in [0.2, 0.25) is 10.0 Å². The van der Waals surface area contributed by atoms with Crippen LogP contribution in [0.15, 0.2) is 48.2 Å². The number of carbonyl (C=O) groups is 1. The number of fused-ring (bicyclic) bond motifs is 2. The van der Waals surface area contributed by atoms with Crippen LogP contribution in [0, 0.1) is 24.2 Å². The summed E-state index contributed by atoms with van der Waals surface area (Å²) in [5, 5.41) is 8.11. The molecule has 1 aromatic carbocycles. The van der Waals surface area contributed by atoms with Crippen molar-refractivity contribution < 1.29 is 4.79 Å². The number of anilines is 1. The molecule has 33 heavy (non-hydrogen) atoms. The first kappa shape index (κ1) is 25.4. The van der Waals surface area contributed by atoms with E-state index in [1.54, 1.807) is 19.0 Å². The minimum atomic E-state index is -0.607. The van der Waals surface area contributed by atoms with Crippen LogP contribution in [0.3, 0.4) is 0 Å². The van der Waals surface area contributed by atoms with Crippen LogP contribution in [-0.2, 0) is 10.2 Å². The lowest BCUT2D eigenvalue weighted by atomic mass is 9.62. The Kier molecular flexibility index (Phi) is 7.69. The van der Waals surface area contributed by atoms with Gasteiger partial charge in [-0.15, -0.1) is 12.3 Å². The van der Waals surface area contributed by atoms with Gasteiger partial charge in [-0.25, -0.2) is 0 Å². The second-order valence-corrected chi connectivity index (χ2v) is 10.2. The number of likely N-dealkylation sites (N-methyl/N-ethyl adjacent to an activating group) is 1. The van der Waals surface area contributed by atoms with E-state index in [0.29, 0.717) is 22.4 Å². The van der Waals surface area contributed by atoms with Crippen molar-refractivity contribution in [1.29, 1.82) is 0 Å². The summed E-state index contributed by atoms with van der Waals surface area (Å²) >= 11 is 13.0. The van der Waals surface area contributed by atoms with Crippen molar-refractivity contribution in [2.75, 3.05) is 19.4 Å². The number of allylic oxidation sites excluding steroid dienone is 3. The maximum atomic E-state index is 13.5. The fourth-order valence-electron chi connectivity index (χ4n) is 5.45. The molecule has 1 spiro atoms. The number of benzene rings is 1. The molecule has 6 heteroatoms. The molecule has 2 N–H and O–H groups in total. The SMILES string of the molecule is C#CC/C=C(\C=C/C)[C@H]1[C@H](C(=O)N(C)C)N[C@H](CC(C)C)[C@]12C(=C)Nc1c2ccc(Cl)c1Cl. The van der Waals surface area contributed by atoms with Crippen LogP contribution in [-0.4, -0.2) is 37.0 Å². The van der Waals surface area contributed by atoms with E-state index in [1.165, 1.54) is 0 Å². The molecule has 2 aliphatic rings. The van der Waals surface area contributed by atoms with Gasteiger partial charge in [0, 0.05) is 38.2 Å². The molecule has 1 fully saturated rings. The molecule has 4 atom stereocenters. The first-order valence-corrected chi connectivity index (χ1v) is 12.0. The van der Waals surface area contributed by atoms with Gasteiger partial charge >= 0.3 is 0 Å². The molecule has 0 unspecified atom stereocenters. The zero-order valence-electron chi connectivity index (χ0n) is 20.0. The van der Waals surface area contributed by atoms with E-state index >= 15 is 0 Å². The van der Waals surface area contributed by atoms with Crippen molar-refractivity contribution in [1.82, 2.24) is 10.2 Å². The summed E-state index contributed by atoms with van der Waals surface area (Å²) in [7, 11) is 3.58. The van der Waals surface area contributed by atoms with Gasteiger partial charge in [0.1, 0.15) is 0 Å². The van der Waals surface area contributed by atoms with Crippen molar-refractivity contribution in [3.63, 3.8) is 0 Å². The lowest BCUT2D eigenvalue weighted by molar-refractivity contribution is -0.131. The highest BCUT2D eigenvalue weighted by atomic mass is 35.5. The number of nitrogens with one attached hydrogen (secondary N) is 2. The van der Waals surface area contributed by atoms with Gasteiger partial charge in [-0.3, -0.25) is 4.79 Å². The first-order valence-electron chi connectivity index (χ1n) is 11.3. The zero-order valence-corrected chi connectivity index (χ0v) is 21.5. The number of amides is 1. The van der Waals surface area contributed by atoms with Crippen molar-refractivity contribution in [2.45, 2.75) is 51.1 Å². The summed E-state index contributed by atoms with van der Waals surface area (Å²) in [6.45, 7) is 10.8. The fraction of sp³-hybridized carbons (Fsp3) is 0.444. The topological polar surface area (TPSA) is 44.4 Å². The standard InChI is InChI=1S/C27H33Cl2N3O/c1-8-10-12-18(11-9-2)22-25(26(33)32(6)7)31-21(15-16(3)4)27(22)17(5)30-24-19(27)13-14-20(28)23(24)29/h1,9,11-14,16,21-22,25,30-31H,5,10,15H2,2-4,6-7H3/b11-9-,18-12+/t21-,22+,25-,27-/m1/s1. The number of carbonyl (C=O) groups excluding carboxylic acids is 1. The number of hydrogen-bond acceptors (Lipinski definition) is 3. The molecule has 3 rings (SSSR count). The van der Waals surface area contributed by atoms with Crippen molar-refractivity contribution >= 4 is 34.8 Å². The second-order valence-electron chi connectivity index (χ2n) is 9.41. The van der Waals surface area contributed by atoms with E-state index in [2.05, 4.69) is 43.1 Å². The van der Waals surface area contributed by atoms with E-state index in [9.17, 15) is 4.79 Å². The number of nitrogens with zero attached hydrogens (tertiary/aromatic N) is 1. The lowest BCUT2D eigenvalue weighted by Crippen LogP contribution is -2.45. The normalized spacial score (nSPS) is 26.7. The first-order chi connectivity index (χ1) is 15.6. The van der Waals surface area contributed by atoms with Crippen LogP contribution < -0.4 is 10.6 Å². The molecular weight excluding hydrogens is 453 g/mol. The third-order valence-electron chi connectivity index (χ3n) is 6.66. The van der Waals surface area contributed by atoms with Gasteiger partial charge in [-0.2, -0.15) is 0 Å². The van der Waals surface area contributed by atoms with E-state index in [0.717, 1.165) is 28.9 Å². The van der Waals surface area contributed by atoms with Gasteiger partial charge in [0.05, 0.1) is 27.2 Å². The Hall–Kier alpha value is -2.19. The summed E-state index contributed by atoms with van der Waals surface area (Å²) in [6, 6.07) is 3.35. The maximum absolute atomic E-state index is 13.5. The Bertz CT molecular complexity index is 1050. The summed E-state index contributed by atoms with van der Waals surface area (Å²) in [5.41, 5.74) is 3.00. The summed E-state index contributed by atoms with van der Waals surface area (Å²) in [6.07, 6.45) is 13.0. The Morgan fingerprint density at radius 3 is 2.64 bits per heavy atom. The monoisotopic (exact) mass is 485 g/mol. The molecule has 4 nitrogen and oxygen atoms in total. The average Bonchev–Trinajstić information content (AvgIpc) is 3.23. The number of rotatable bonds is 6. The molecule has 2 aliphatic heterocycles. The van der Waals surface area contributed by atoms with E-state index in [-0.39, 0.29) is 17.9 Å². The van der Waals surface area contributed by atoms with Crippen LogP contribution in [0.1, 0.15) is 39.2 Å². The number of hydrogen-bond donors (Lipinski definition) is 2. The average molecular weight is 486 g/mol. The Labute approximate surface area is 208 Å².